The fourth-order valence-corrected chi connectivity index (χ4v) is 4.05. The highest BCUT2D eigenvalue weighted by Gasteiger charge is 2.33. The van der Waals surface area contributed by atoms with Gasteiger partial charge in [0.1, 0.15) is 0 Å². The molecule has 1 aliphatic heterocycles. The predicted octanol–water partition coefficient (Wildman–Crippen LogP) is 3.24. The summed E-state index contributed by atoms with van der Waals surface area (Å²) in [5.41, 5.74) is 0.255. The molecule has 2 fully saturated rings. The highest BCUT2D eigenvalue weighted by atomic mass is 16.4. The number of aliphatic carboxylic acids is 1. The average molecular weight is 310 g/mol. The minimum Gasteiger partial charge on any atom is -0.481 e. The third-order valence-electron chi connectivity index (χ3n) is 5.33. The first-order valence-corrected chi connectivity index (χ1v) is 8.72. The molecule has 0 spiro atoms. The Balaban J connectivity index is 1.81. The number of rotatable bonds is 4. The van der Waals surface area contributed by atoms with Gasteiger partial charge in [-0.1, -0.05) is 20.3 Å². The highest BCUT2D eigenvalue weighted by molar-refractivity contribution is 5.75. The normalized spacial score (nSPS) is 32.5. The predicted molar refractivity (Wildman–Crippen MR) is 85.7 cm³/mol. The van der Waals surface area contributed by atoms with E-state index in [1.165, 1.54) is 12.8 Å². The molecule has 126 valence electrons. The number of carboxylic acid groups (broad SMARTS) is 1. The van der Waals surface area contributed by atoms with E-state index in [9.17, 15) is 9.59 Å². The van der Waals surface area contributed by atoms with Crippen LogP contribution in [0.15, 0.2) is 0 Å². The number of carbonyl (C=O) groups is 2. The maximum atomic E-state index is 12.5. The second-order valence-electron chi connectivity index (χ2n) is 7.42. The number of carbonyl (C=O) groups excluding carboxylic acids is 1. The quantitative estimate of drug-likeness (QED) is 0.837. The molecule has 5 nitrogen and oxygen atoms in total. The topological polar surface area (TPSA) is 69.6 Å². The van der Waals surface area contributed by atoms with E-state index in [1.54, 1.807) is 0 Å². The maximum absolute atomic E-state index is 12.5. The lowest BCUT2D eigenvalue weighted by Crippen LogP contribution is -2.51. The van der Waals surface area contributed by atoms with E-state index in [2.05, 4.69) is 19.2 Å². The summed E-state index contributed by atoms with van der Waals surface area (Å²) in [7, 11) is 0. The summed E-state index contributed by atoms with van der Waals surface area (Å²) in [5.74, 6) is -0.924. The van der Waals surface area contributed by atoms with Crippen molar-refractivity contribution < 1.29 is 14.7 Å². The minimum absolute atomic E-state index is 0.0424. The van der Waals surface area contributed by atoms with Gasteiger partial charge in [0.05, 0.1) is 5.92 Å². The standard InChI is InChI=1S/C17H30N2O3/c1-3-9-17(2)10-4-11-19(12-17)16(22)18-14-7-5-13(6-8-14)15(20)21/h13-14H,3-12H2,1-2H3,(H,18,22)(H,20,21). The van der Waals surface area contributed by atoms with E-state index in [1.807, 2.05) is 4.90 Å². The second-order valence-corrected chi connectivity index (χ2v) is 7.42. The van der Waals surface area contributed by atoms with Crippen LogP contribution in [0.1, 0.15) is 65.2 Å². The van der Waals surface area contributed by atoms with Crippen LogP contribution in [0.25, 0.3) is 0 Å². The van der Waals surface area contributed by atoms with Gasteiger partial charge >= 0.3 is 12.0 Å². The molecule has 0 bridgehead atoms. The average Bonchev–Trinajstić information content (AvgIpc) is 2.47. The molecule has 1 saturated heterocycles. The number of amides is 2. The Hall–Kier alpha value is -1.26. The van der Waals surface area contributed by atoms with Crippen molar-refractivity contribution in [2.24, 2.45) is 11.3 Å². The van der Waals surface area contributed by atoms with Crippen LogP contribution in [0.2, 0.25) is 0 Å². The molecule has 1 aliphatic carbocycles. The van der Waals surface area contributed by atoms with Crippen molar-refractivity contribution in [2.45, 2.75) is 71.3 Å². The van der Waals surface area contributed by atoms with Crippen molar-refractivity contribution in [3.8, 4) is 0 Å². The molecule has 22 heavy (non-hydrogen) atoms. The fourth-order valence-electron chi connectivity index (χ4n) is 4.05. The zero-order valence-corrected chi connectivity index (χ0v) is 13.9. The van der Waals surface area contributed by atoms with Gasteiger partial charge in [0.15, 0.2) is 0 Å². The Morgan fingerprint density at radius 3 is 2.55 bits per heavy atom. The molecule has 1 atom stereocenters. The number of piperidine rings is 1. The van der Waals surface area contributed by atoms with Gasteiger partial charge in [-0.25, -0.2) is 4.79 Å². The number of likely N-dealkylation sites (tertiary alicyclic amines) is 1. The molecular weight excluding hydrogens is 280 g/mol. The molecule has 1 heterocycles. The van der Waals surface area contributed by atoms with Gasteiger partial charge in [0.2, 0.25) is 0 Å². The maximum Gasteiger partial charge on any atom is 0.317 e. The summed E-state index contributed by atoms with van der Waals surface area (Å²) >= 11 is 0. The van der Waals surface area contributed by atoms with Crippen LogP contribution < -0.4 is 5.32 Å². The zero-order valence-electron chi connectivity index (χ0n) is 13.9. The zero-order chi connectivity index (χ0) is 16.2. The minimum atomic E-state index is -0.698. The number of nitrogens with one attached hydrogen (secondary N) is 1. The van der Waals surface area contributed by atoms with E-state index in [0.29, 0.717) is 12.8 Å². The Morgan fingerprint density at radius 1 is 1.27 bits per heavy atom. The van der Waals surface area contributed by atoms with Gasteiger partial charge in [-0.3, -0.25) is 4.79 Å². The molecule has 0 aromatic rings. The molecule has 0 aromatic heterocycles. The van der Waals surface area contributed by atoms with Gasteiger partial charge in [-0.15, -0.1) is 0 Å². The fraction of sp³-hybridized carbons (Fsp3) is 0.882. The first-order valence-electron chi connectivity index (χ1n) is 8.72. The Morgan fingerprint density at radius 2 is 1.95 bits per heavy atom. The molecular formula is C17H30N2O3. The summed E-state index contributed by atoms with van der Waals surface area (Å²) in [6, 6.07) is 0.184. The van der Waals surface area contributed by atoms with Crippen LogP contribution in [0.4, 0.5) is 4.79 Å². The largest absolute Gasteiger partial charge is 0.481 e. The molecule has 2 rings (SSSR count). The van der Waals surface area contributed by atoms with Crippen LogP contribution in [0.3, 0.4) is 0 Å². The van der Waals surface area contributed by atoms with Gasteiger partial charge < -0.3 is 15.3 Å². The van der Waals surface area contributed by atoms with E-state index in [0.717, 1.165) is 38.8 Å². The van der Waals surface area contributed by atoms with E-state index in [4.69, 9.17) is 5.11 Å². The Bertz CT molecular complexity index is 401. The van der Waals surface area contributed by atoms with E-state index >= 15 is 0 Å². The number of carboxylic acids is 1. The van der Waals surface area contributed by atoms with Crippen LogP contribution in [0, 0.1) is 11.3 Å². The highest BCUT2D eigenvalue weighted by Crippen LogP contribution is 2.34. The van der Waals surface area contributed by atoms with Gasteiger partial charge in [-0.05, 0) is 50.4 Å². The molecule has 0 aromatic carbocycles. The molecule has 1 saturated carbocycles. The molecule has 2 N–H and O–H groups in total. The Kier molecular flexibility index (Phi) is 5.70. The SMILES string of the molecule is CCCC1(C)CCCN(C(=O)NC2CCC(C(=O)O)CC2)C1. The van der Waals surface area contributed by atoms with Crippen LogP contribution in [-0.2, 0) is 4.79 Å². The number of nitrogens with zero attached hydrogens (tertiary/aromatic N) is 1. The Labute approximate surface area is 133 Å². The molecule has 1 unspecified atom stereocenters. The summed E-state index contributed by atoms with van der Waals surface area (Å²) in [6.45, 7) is 6.17. The summed E-state index contributed by atoms with van der Waals surface area (Å²) < 4.78 is 0. The smallest absolute Gasteiger partial charge is 0.317 e. The van der Waals surface area contributed by atoms with E-state index in [-0.39, 0.29) is 23.4 Å². The number of hydrogen-bond acceptors (Lipinski definition) is 2. The first kappa shape index (κ1) is 17.1. The lowest BCUT2D eigenvalue weighted by molar-refractivity contribution is -0.142. The lowest BCUT2D eigenvalue weighted by atomic mass is 9.78. The van der Waals surface area contributed by atoms with Crippen molar-refractivity contribution in [2.75, 3.05) is 13.1 Å². The second kappa shape index (κ2) is 7.34. The molecule has 2 aliphatic rings. The summed E-state index contributed by atoms with van der Waals surface area (Å²) in [6.07, 6.45) is 7.52. The van der Waals surface area contributed by atoms with Crippen LogP contribution in [0.5, 0.6) is 0 Å². The third kappa shape index (κ3) is 4.37. The molecule has 5 heteroatoms. The van der Waals surface area contributed by atoms with Crippen molar-refractivity contribution in [1.29, 1.82) is 0 Å². The van der Waals surface area contributed by atoms with Crippen molar-refractivity contribution >= 4 is 12.0 Å². The first-order chi connectivity index (χ1) is 10.4. The summed E-state index contributed by atoms with van der Waals surface area (Å²) in [4.78, 5) is 25.4. The van der Waals surface area contributed by atoms with Gasteiger partial charge in [0, 0.05) is 19.1 Å². The monoisotopic (exact) mass is 310 g/mol. The van der Waals surface area contributed by atoms with Crippen LogP contribution >= 0.6 is 0 Å². The van der Waals surface area contributed by atoms with Crippen LogP contribution in [-0.4, -0.2) is 41.1 Å². The number of hydrogen-bond donors (Lipinski definition) is 2. The number of urea groups is 1. The van der Waals surface area contributed by atoms with E-state index < -0.39 is 5.97 Å². The summed E-state index contributed by atoms with van der Waals surface area (Å²) in [5, 5.41) is 12.1. The molecule has 2 amide bonds. The van der Waals surface area contributed by atoms with Crippen molar-refractivity contribution in [3.05, 3.63) is 0 Å². The van der Waals surface area contributed by atoms with Crippen molar-refractivity contribution in [3.63, 3.8) is 0 Å². The van der Waals surface area contributed by atoms with Gasteiger partial charge in [0.25, 0.3) is 0 Å². The van der Waals surface area contributed by atoms with Crippen molar-refractivity contribution in [1.82, 2.24) is 10.2 Å². The third-order valence-corrected chi connectivity index (χ3v) is 5.33. The molecule has 0 radical (unpaired) electrons. The lowest BCUT2D eigenvalue weighted by Gasteiger charge is -2.41. The van der Waals surface area contributed by atoms with Gasteiger partial charge in [-0.2, -0.15) is 0 Å².